The van der Waals surface area contributed by atoms with E-state index in [1.54, 1.807) is 13.1 Å². The molecule has 0 aromatic carbocycles. The Bertz CT molecular complexity index is 311. The topological polar surface area (TPSA) is 72.8 Å². The molecule has 5 heteroatoms. The molecule has 0 aliphatic carbocycles. The van der Waals surface area contributed by atoms with Gasteiger partial charge in [-0.05, 0) is 6.07 Å². The normalized spacial score (nSPS) is 9.23. The quantitative estimate of drug-likeness (QED) is 0.727. The number of hydrogen-bond acceptors (Lipinski definition) is 3. The van der Waals surface area contributed by atoms with E-state index < -0.39 is 0 Å². The number of amides is 1. The van der Waals surface area contributed by atoms with Gasteiger partial charge in [0.15, 0.2) is 0 Å². The number of nitrogens with one attached hydrogen (secondary N) is 1. The third-order valence-electron chi connectivity index (χ3n) is 1.64. The van der Waals surface area contributed by atoms with Crippen molar-refractivity contribution in [3.8, 4) is 6.07 Å². The lowest BCUT2D eigenvalue weighted by atomic mass is 10.3. The highest BCUT2D eigenvalue weighted by atomic mass is 16.2. The summed E-state index contributed by atoms with van der Waals surface area (Å²) in [6, 6.07) is 3.58. The van der Waals surface area contributed by atoms with Gasteiger partial charge in [-0.2, -0.15) is 10.4 Å². The van der Waals surface area contributed by atoms with Crippen molar-refractivity contribution in [3.63, 3.8) is 0 Å². The predicted molar refractivity (Wildman–Crippen MR) is 45.8 cm³/mol. The van der Waals surface area contributed by atoms with Crippen molar-refractivity contribution in [2.24, 2.45) is 0 Å². The van der Waals surface area contributed by atoms with Crippen molar-refractivity contribution in [1.82, 2.24) is 15.1 Å². The monoisotopic (exact) mass is 178 g/mol. The van der Waals surface area contributed by atoms with Crippen LogP contribution in [-0.4, -0.2) is 34.6 Å². The highest BCUT2D eigenvalue weighted by molar-refractivity contribution is 5.91. The van der Waals surface area contributed by atoms with Crippen LogP contribution in [-0.2, 0) is 0 Å². The van der Waals surface area contributed by atoms with E-state index in [1.165, 1.54) is 11.1 Å². The fourth-order valence-electron chi connectivity index (χ4n) is 0.900. The number of H-pyrrole nitrogens is 1. The fourth-order valence-corrected chi connectivity index (χ4v) is 0.900. The maximum absolute atomic E-state index is 11.5. The van der Waals surface area contributed by atoms with Gasteiger partial charge in [0.05, 0.1) is 12.5 Å². The zero-order valence-electron chi connectivity index (χ0n) is 7.32. The molecule has 0 aliphatic heterocycles. The summed E-state index contributed by atoms with van der Waals surface area (Å²) in [4.78, 5) is 12.9. The van der Waals surface area contributed by atoms with E-state index in [9.17, 15) is 4.79 Å². The first-order valence-corrected chi connectivity index (χ1v) is 3.87. The number of aromatic nitrogens is 2. The summed E-state index contributed by atoms with van der Waals surface area (Å²) in [5, 5.41) is 14.6. The second kappa shape index (κ2) is 4.26. The molecule has 1 rings (SSSR count). The number of aromatic amines is 1. The average molecular weight is 178 g/mol. The molecule has 0 spiro atoms. The molecule has 1 amide bonds. The summed E-state index contributed by atoms with van der Waals surface area (Å²) in [7, 11) is 1.65. The Hall–Kier alpha value is -1.83. The summed E-state index contributed by atoms with van der Waals surface area (Å²) in [5.41, 5.74) is 0.445. The minimum atomic E-state index is -0.146. The van der Waals surface area contributed by atoms with Crippen molar-refractivity contribution in [3.05, 3.63) is 18.0 Å². The highest BCUT2D eigenvalue weighted by Gasteiger charge is 2.11. The number of rotatable bonds is 3. The smallest absolute Gasteiger partial charge is 0.271 e. The van der Waals surface area contributed by atoms with Crippen LogP contribution < -0.4 is 0 Å². The molecule has 0 bridgehead atoms. The van der Waals surface area contributed by atoms with Gasteiger partial charge in [-0.1, -0.05) is 0 Å². The first-order chi connectivity index (χ1) is 6.25. The van der Waals surface area contributed by atoms with Gasteiger partial charge in [-0.3, -0.25) is 9.89 Å². The number of nitrogens with zero attached hydrogens (tertiary/aromatic N) is 3. The summed E-state index contributed by atoms with van der Waals surface area (Å²) in [6.45, 7) is 0.439. The van der Waals surface area contributed by atoms with Crippen LogP contribution in [0, 0.1) is 11.3 Å². The van der Waals surface area contributed by atoms with Crippen molar-refractivity contribution in [2.75, 3.05) is 13.6 Å². The van der Waals surface area contributed by atoms with E-state index in [4.69, 9.17) is 5.26 Å². The van der Waals surface area contributed by atoms with E-state index in [-0.39, 0.29) is 5.91 Å². The Morgan fingerprint density at radius 1 is 1.85 bits per heavy atom. The molecule has 0 saturated carbocycles. The summed E-state index contributed by atoms with van der Waals surface area (Å²) in [5.74, 6) is -0.146. The molecule has 0 atom stereocenters. The van der Waals surface area contributed by atoms with Gasteiger partial charge < -0.3 is 4.90 Å². The number of carbonyl (C=O) groups excluding carboxylic acids is 1. The molecule has 1 N–H and O–H groups in total. The van der Waals surface area contributed by atoms with Crippen LogP contribution in [0.1, 0.15) is 16.9 Å². The Morgan fingerprint density at radius 3 is 3.15 bits per heavy atom. The largest absolute Gasteiger partial charge is 0.339 e. The molecule has 0 saturated heterocycles. The number of hydrogen-bond donors (Lipinski definition) is 1. The lowest BCUT2D eigenvalue weighted by Gasteiger charge is -2.13. The summed E-state index contributed by atoms with van der Waals surface area (Å²) >= 11 is 0. The fraction of sp³-hybridized carbons (Fsp3) is 0.375. The average Bonchev–Trinajstić information content (AvgIpc) is 2.65. The van der Waals surface area contributed by atoms with Gasteiger partial charge in [0, 0.05) is 19.8 Å². The maximum atomic E-state index is 11.5. The Kier molecular flexibility index (Phi) is 3.03. The number of nitriles is 1. The van der Waals surface area contributed by atoms with Crippen molar-refractivity contribution in [1.29, 1.82) is 5.26 Å². The first-order valence-electron chi connectivity index (χ1n) is 3.87. The lowest BCUT2D eigenvalue weighted by Crippen LogP contribution is -2.27. The third-order valence-corrected chi connectivity index (χ3v) is 1.64. The Morgan fingerprint density at radius 2 is 2.62 bits per heavy atom. The lowest BCUT2D eigenvalue weighted by molar-refractivity contribution is 0.0792. The van der Waals surface area contributed by atoms with E-state index in [0.717, 1.165) is 0 Å². The molecule has 68 valence electrons. The van der Waals surface area contributed by atoms with Crippen LogP contribution in [0.3, 0.4) is 0 Å². The van der Waals surface area contributed by atoms with Gasteiger partial charge in [0.25, 0.3) is 5.91 Å². The molecule has 0 aliphatic rings. The van der Waals surface area contributed by atoms with E-state index in [2.05, 4.69) is 10.2 Å². The summed E-state index contributed by atoms with van der Waals surface area (Å²) in [6.07, 6.45) is 1.86. The van der Waals surface area contributed by atoms with E-state index in [1.807, 2.05) is 6.07 Å². The highest BCUT2D eigenvalue weighted by Crippen LogP contribution is 1.98. The molecule has 0 radical (unpaired) electrons. The van der Waals surface area contributed by atoms with Gasteiger partial charge in [-0.15, -0.1) is 0 Å². The molecule has 1 aromatic rings. The molecule has 1 heterocycles. The minimum Gasteiger partial charge on any atom is -0.339 e. The maximum Gasteiger partial charge on any atom is 0.271 e. The number of carbonyl (C=O) groups is 1. The molecule has 0 fully saturated rings. The predicted octanol–water partition coefficient (Wildman–Crippen LogP) is 0.395. The molecule has 13 heavy (non-hydrogen) atoms. The molecular weight excluding hydrogens is 168 g/mol. The standard InChI is InChI=1S/C8H10N4O/c1-12(6-2-4-9)8(13)7-3-5-10-11-7/h3,5H,2,6H2,1H3,(H,10,11). The van der Waals surface area contributed by atoms with Gasteiger partial charge in [0.2, 0.25) is 0 Å². The third kappa shape index (κ3) is 2.30. The van der Waals surface area contributed by atoms with Gasteiger partial charge in [-0.25, -0.2) is 0 Å². The zero-order valence-corrected chi connectivity index (χ0v) is 7.32. The summed E-state index contributed by atoms with van der Waals surface area (Å²) < 4.78 is 0. The SMILES string of the molecule is CN(CCC#N)C(=O)c1ccn[nH]1. The van der Waals surface area contributed by atoms with E-state index in [0.29, 0.717) is 18.7 Å². The second-order valence-corrected chi connectivity index (χ2v) is 2.61. The minimum absolute atomic E-state index is 0.146. The van der Waals surface area contributed by atoms with Crippen LogP contribution in [0.25, 0.3) is 0 Å². The van der Waals surface area contributed by atoms with Crippen molar-refractivity contribution >= 4 is 5.91 Å². The molecule has 5 nitrogen and oxygen atoms in total. The Labute approximate surface area is 76.0 Å². The van der Waals surface area contributed by atoms with Crippen LogP contribution in [0.5, 0.6) is 0 Å². The second-order valence-electron chi connectivity index (χ2n) is 2.61. The first kappa shape index (κ1) is 9.26. The van der Waals surface area contributed by atoms with Crippen LogP contribution in [0.15, 0.2) is 12.3 Å². The van der Waals surface area contributed by atoms with E-state index >= 15 is 0 Å². The van der Waals surface area contributed by atoms with Crippen molar-refractivity contribution in [2.45, 2.75) is 6.42 Å². The van der Waals surface area contributed by atoms with Crippen LogP contribution in [0.2, 0.25) is 0 Å². The molecular formula is C8H10N4O. The molecule has 0 unspecified atom stereocenters. The van der Waals surface area contributed by atoms with Crippen LogP contribution in [0.4, 0.5) is 0 Å². The Balaban J connectivity index is 2.54. The molecule has 1 aromatic heterocycles. The van der Waals surface area contributed by atoms with Crippen LogP contribution >= 0.6 is 0 Å². The van der Waals surface area contributed by atoms with Gasteiger partial charge >= 0.3 is 0 Å². The van der Waals surface area contributed by atoms with Gasteiger partial charge in [0.1, 0.15) is 5.69 Å². The zero-order chi connectivity index (χ0) is 9.68. The van der Waals surface area contributed by atoms with Crippen molar-refractivity contribution < 1.29 is 4.79 Å².